The molecule has 0 spiro atoms. The molecule has 3 heterocycles. The fourth-order valence-corrected chi connectivity index (χ4v) is 3.58. The molecule has 1 saturated heterocycles. The first-order chi connectivity index (χ1) is 12.3. The molecule has 1 amide bonds. The van der Waals surface area contributed by atoms with Crippen molar-refractivity contribution in [3.63, 3.8) is 0 Å². The average Bonchev–Trinajstić information content (AvgIpc) is 3.09. The van der Waals surface area contributed by atoms with Gasteiger partial charge in [0.2, 0.25) is 15.9 Å². The van der Waals surface area contributed by atoms with Gasteiger partial charge in [-0.15, -0.1) is 0 Å². The summed E-state index contributed by atoms with van der Waals surface area (Å²) >= 11 is 0. The van der Waals surface area contributed by atoms with E-state index in [1.54, 1.807) is 6.92 Å². The number of nitrogens with zero attached hydrogens (tertiary/aromatic N) is 5. The normalized spacial score (nSPS) is 16.5. The van der Waals surface area contributed by atoms with Crippen molar-refractivity contribution in [1.82, 2.24) is 29.7 Å². The number of hydrogen-bond donors (Lipinski definition) is 1. The SMILES string of the molecule is Cc1cnc(C(=O)NCc2nc(C3CCN(S(C)(=O)=O)CC3)no2)cn1. The van der Waals surface area contributed by atoms with Crippen LogP contribution in [0.2, 0.25) is 0 Å². The van der Waals surface area contributed by atoms with Crippen molar-refractivity contribution >= 4 is 15.9 Å². The monoisotopic (exact) mass is 380 g/mol. The van der Waals surface area contributed by atoms with Gasteiger partial charge in [-0.3, -0.25) is 9.78 Å². The second-order valence-corrected chi connectivity index (χ2v) is 8.19. The highest BCUT2D eigenvalue weighted by molar-refractivity contribution is 7.88. The summed E-state index contributed by atoms with van der Waals surface area (Å²) in [6.45, 7) is 2.75. The molecular weight excluding hydrogens is 360 g/mol. The summed E-state index contributed by atoms with van der Waals surface area (Å²) in [5, 5.41) is 6.61. The molecule has 1 fully saturated rings. The van der Waals surface area contributed by atoms with Crippen LogP contribution in [-0.4, -0.2) is 58.1 Å². The highest BCUT2D eigenvalue weighted by Crippen LogP contribution is 2.26. The molecule has 0 bridgehead atoms. The predicted molar refractivity (Wildman–Crippen MR) is 90.6 cm³/mol. The fraction of sp³-hybridized carbons (Fsp3) is 0.533. The molecular formula is C15H20N6O4S. The molecule has 11 heteroatoms. The summed E-state index contributed by atoms with van der Waals surface area (Å²) in [6, 6.07) is 0. The first kappa shape index (κ1) is 18.4. The van der Waals surface area contributed by atoms with Gasteiger partial charge in [0.05, 0.1) is 24.7 Å². The second kappa shape index (κ2) is 7.46. The quantitative estimate of drug-likeness (QED) is 0.780. The highest BCUT2D eigenvalue weighted by atomic mass is 32.2. The Morgan fingerprint density at radius 1 is 1.31 bits per heavy atom. The van der Waals surface area contributed by atoms with Crippen molar-refractivity contribution in [2.24, 2.45) is 0 Å². The molecule has 0 radical (unpaired) electrons. The van der Waals surface area contributed by atoms with Gasteiger partial charge in [-0.25, -0.2) is 17.7 Å². The Balaban J connectivity index is 1.54. The molecule has 0 unspecified atom stereocenters. The van der Waals surface area contributed by atoms with Crippen LogP contribution in [0.5, 0.6) is 0 Å². The largest absolute Gasteiger partial charge is 0.342 e. The maximum Gasteiger partial charge on any atom is 0.271 e. The van der Waals surface area contributed by atoms with Crippen LogP contribution < -0.4 is 5.32 Å². The van der Waals surface area contributed by atoms with E-state index in [0.29, 0.717) is 37.6 Å². The van der Waals surface area contributed by atoms with Crippen molar-refractivity contribution in [3.8, 4) is 0 Å². The van der Waals surface area contributed by atoms with Crippen molar-refractivity contribution in [2.75, 3.05) is 19.3 Å². The van der Waals surface area contributed by atoms with Gasteiger partial charge in [0.1, 0.15) is 5.69 Å². The topological polar surface area (TPSA) is 131 Å². The number of rotatable bonds is 5. The summed E-state index contributed by atoms with van der Waals surface area (Å²) < 4.78 is 29.7. The van der Waals surface area contributed by atoms with Crippen LogP contribution in [0.3, 0.4) is 0 Å². The lowest BCUT2D eigenvalue weighted by molar-refractivity contribution is 0.0941. The average molecular weight is 380 g/mol. The number of hydrogen-bond acceptors (Lipinski definition) is 8. The Hall–Kier alpha value is -2.40. The zero-order valence-electron chi connectivity index (χ0n) is 14.5. The zero-order chi connectivity index (χ0) is 18.7. The molecule has 140 valence electrons. The van der Waals surface area contributed by atoms with Crippen LogP contribution in [-0.2, 0) is 16.6 Å². The summed E-state index contributed by atoms with van der Waals surface area (Å²) in [4.78, 5) is 24.3. The predicted octanol–water partition coefficient (Wildman–Crippen LogP) is 0.237. The first-order valence-corrected chi connectivity index (χ1v) is 10.0. The van der Waals surface area contributed by atoms with Crippen LogP contribution in [0.25, 0.3) is 0 Å². The molecule has 0 saturated carbocycles. The van der Waals surface area contributed by atoms with E-state index >= 15 is 0 Å². The molecule has 26 heavy (non-hydrogen) atoms. The smallest absolute Gasteiger partial charge is 0.271 e. The van der Waals surface area contributed by atoms with E-state index in [9.17, 15) is 13.2 Å². The maximum atomic E-state index is 12.0. The summed E-state index contributed by atoms with van der Waals surface area (Å²) in [5.41, 5.74) is 0.938. The van der Waals surface area contributed by atoms with Crippen molar-refractivity contribution in [1.29, 1.82) is 0 Å². The lowest BCUT2D eigenvalue weighted by atomic mass is 9.98. The Labute approximate surface area is 151 Å². The van der Waals surface area contributed by atoms with Crippen molar-refractivity contribution in [3.05, 3.63) is 35.5 Å². The number of aromatic nitrogens is 4. The minimum Gasteiger partial charge on any atom is -0.342 e. The zero-order valence-corrected chi connectivity index (χ0v) is 15.4. The van der Waals surface area contributed by atoms with Crippen molar-refractivity contribution < 1.29 is 17.7 Å². The Morgan fingerprint density at radius 3 is 2.65 bits per heavy atom. The van der Waals surface area contributed by atoms with Gasteiger partial charge in [-0.2, -0.15) is 4.98 Å². The Bertz CT molecular complexity index is 872. The van der Waals surface area contributed by atoms with Crippen LogP contribution in [0.15, 0.2) is 16.9 Å². The van der Waals surface area contributed by atoms with Gasteiger partial charge >= 0.3 is 0 Å². The number of piperidine rings is 1. The van der Waals surface area contributed by atoms with E-state index in [4.69, 9.17) is 4.52 Å². The second-order valence-electron chi connectivity index (χ2n) is 6.21. The van der Waals surface area contributed by atoms with E-state index in [2.05, 4.69) is 25.4 Å². The van der Waals surface area contributed by atoms with Crippen LogP contribution >= 0.6 is 0 Å². The van der Waals surface area contributed by atoms with Gasteiger partial charge < -0.3 is 9.84 Å². The lowest BCUT2D eigenvalue weighted by Crippen LogP contribution is -2.37. The van der Waals surface area contributed by atoms with E-state index < -0.39 is 10.0 Å². The number of carbonyl (C=O) groups is 1. The van der Waals surface area contributed by atoms with E-state index in [1.165, 1.54) is 23.0 Å². The third-order valence-electron chi connectivity index (χ3n) is 4.19. The third-order valence-corrected chi connectivity index (χ3v) is 5.49. The summed E-state index contributed by atoms with van der Waals surface area (Å²) in [6.07, 6.45) is 5.40. The van der Waals surface area contributed by atoms with E-state index in [1.807, 2.05) is 0 Å². The number of nitrogens with one attached hydrogen (secondary N) is 1. The molecule has 1 N–H and O–H groups in total. The Morgan fingerprint density at radius 2 is 2.04 bits per heavy atom. The van der Waals surface area contributed by atoms with E-state index in [0.717, 1.165) is 5.69 Å². The van der Waals surface area contributed by atoms with Crippen molar-refractivity contribution in [2.45, 2.75) is 32.2 Å². The third kappa shape index (κ3) is 4.41. The molecule has 0 atom stereocenters. The number of aryl methyl sites for hydroxylation is 1. The lowest BCUT2D eigenvalue weighted by Gasteiger charge is -2.28. The minimum absolute atomic E-state index is 0.0455. The molecule has 1 aliphatic rings. The van der Waals surface area contributed by atoms with Gasteiger partial charge in [0, 0.05) is 25.2 Å². The van der Waals surface area contributed by atoms with Gasteiger partial charge in [-0.1, -0.05) is 5.16 Å². The number of amides is 1. The Kier molecular flexibility index (Phi) is 5.28. The van der Waals surface area contributed by atoms with Crippen LogP contribution in [0.1, 0.15) is 46.7 Å². The van der Waals surface area contributed by atoms with Crippen LogP contribution in [0, 0.1) is 6.92 Å². The summed E-state index contributed by atoms with van der Waals surface area (Å²) in [7, 11) is -3.16. The van der Waals surface area contributed by atoms with Gasteiger partial charge in [0.15, 0.2) is 5.82 Å². The van der Waals surface area contributed by atoms with E-state index in [-0.39, 0.29) is 24.1 Å². The molecule has 2 aromatic heterocycles. The molecule has 0 aliphatic carbocycles. The van der Waals surface area contributed by atoms with Crippen LogP contribution in [0.4, 0.5) is 0 Å². The summed E-state index contributed by atoms with van der Waals surface area (Å²) in [5.74, 6) is 0.499. The number of sulfonamides is 1. The van der Waals surface area contributed by atoms with Gasteiger partial charge in [0.25, 0.3) is 5.91 Å². The standard InChI is InChI=1S/C15H20N6O4S/c1-10-7-17-12(8-16-10)15(22)18-9-13-19-14(20-25-13)11-3-5-21(6-4-11)26(2,23)24/h7-8,11H,3-6,9H2,1-2H3,(H,18,22). The molecule has 2 aromatic rings. The molecule has 0 aromatic carbocycles. The maximum absolute atomic E-state index is 12.0. The molecule has 3 rings (SSSR count). The molecule has 1 aliphatic heterocycles. The fourth-order valence-electron chi connectivity index (χ4n) is 2.71. The minimum atomic E-state index is -3.16. The number of carbonyl (C=O) groups excluding carboxylic acids is 1. The highest BCUT2D eigenvalue weighted by Gasteiger charge is 2.28. The first-order valence-electron chi connectivity index (χ1n) is 8.17. The molecule has 10 nitrogen and oxygen atoms in total. The van der Waals surface area contributed by atoms with Gasteiger partial charge in [-0.05, 0) is 19.8 Å².